The van der Waals surface area contributed by atoms with Crippen molar-refractivity contribution in [3.05, 3.63) is 11.5 Å². The number of aromatic nitrogens is 2. The highest BCUT2D eigenvalue weighted by Crippen LogP contribution is 2.33. The molecule has 4 rings (SSSR count). The van der Waals surface area contributed by atoms with Crippen LogP contribution in [0.15, 0.2) is 6.20 Å². The number of halogens is 1. The smallest absolute Gasteiger partial charge is 0.407 e. The predicted octanol–water partition coefficient (Wildman–Crippen LogP) is 3.63. The van der Waals surface area contributed by atoms with Crippen LogP contribution in [0.1, 0.15) is 52.9 Å². The number of fused-ring (bicyclic) bond motifs is 3. The quantitative estimate of drug-likeness (QED) is 0.669. The number of anilines is 2. The molecule has 30 heavy (non-hydrogen) atoms. The molecule has 1 aromatic rings. The normalized spacial score (nSPS) is 21.7. The number of carbonyl (C=O) groups excluding carboxylic acids is 1. The predicted molar refractivity (Wildman–Crippen MR) is 119 cm³/mol. The maximum absolute atomic E-state index is 11.4. The van der Waals surface area contributed by atoms with E-state index in [1.165, 1.54) is 19.3 Å². The number of nitrogens with zero attached hydrogens (tertiary/aromatic N) is 4. The van der Waals surface area contributed by atoms with Gasteiger partial charge in [-0.3, -0.25) is 0 Å². The first-order valence-corrected chi connectivity index (χ1v) is 11.2. The van der Waals surface area contributed by atoms with Gasteiger partial charge in [-0.2, -0.15) is 4.98 Å². The molecule has 1 atom stereocenters. The zero-order chi connectivity index (χ0) is 21.7. The molecule has 8 nitrogen and oxygen atoms in total. The van der Waals surface area contributed by atoms with Crippen LogP contribution in [0.5, 0.6) is 0 Å². The van der Waals surface area contributed by atoms with E-state index < -0.39 is 5.60 Å². The van der Waals surface area contributed by atoms with Gasteiger partial charge in [-0.15, -0.1) is 0 Å². The molecule has 0 spiro atoms. The fourth-order valence-electron chi connectivity index (χ4n) is 4.05. The van der Waals surface area contributed by atoms with Gasteiger partial charge in [0.05, 0.1) is 31.1 Å². The molecule has 2 fully saturated rings. The summed E-state index contributed by atoms with van der Waals surface area (Å²) >= 11 is 5.86. The summed E-state index contributed by atoms with van der Waals surface area (Å²) in [6, 6.07) is 0.704. The van der Waals surface area contributed by atoms with Crippen LogP contribution in [0.2, 0.25) is 5.28 Å². The fraction of sp³-hybridized carbons (Fsp3) is 0.762. The standard InChI is InChI=1S/C11H21NO2.C10H13ClN4O/c1-11(2,3)14-10(13)12-9-7-5-4-6-8-9;1-14-5-7-6-16-3-2-15(7)9-8(14)4-12-10(11)13-9/h9H,4-8H2,1-3H3,(H,12,13);4,7H,2-3,5-6H2,1H3. The largest absolute Gasteiger partial charge is 0.444 e. The van der Waals surface area contributed by atoms with Gasteiger partial charge < -0.3 is 24.6 Å². The van der Waals surface area contributed by atoms with Crippen LogP contribution >= 0.6 is 11.6 Å². The van der Waals surface area contributed by atoms with Gasteiger partial charge in [-0.1, -0.05) is 19.3 Å². The Hall–Kier alpha value is -1.80. The molecule has 3 heterocycles. The third kappa shape index (κ3) is 6.35. The van der Waals surface area contributed by atoms with E-state index in [0.29, 0.717) is 17.4 Å². The molecule has 1 saturated heterocycles. The highest BCUT2D eigenvalue weighted by molar-refractivity contribution is 6.28. The summed E-state index contributed by atoms with van der Waals surface area (Å²) in [4.78, 5) is 24.2. The molecule has 1 saturated carbocycles. The van der Waals surface area contributed by atoms with E-state index >= 15 is 0 Å². The number of nitrogens with one attached hydrogen (secondary N) is 1. The van der Waals surface area contributed by atoms with Gasteiger partial charge in [0, 0.05) is 26.2 Å². The Balaban J connectivity index is 0.000000173. The molecule has 1 aliphatic carbocycles. The molecule has 0 aromatic carbocycles. The first-order valence-electron chi connectivity index (χ1n) is 10.8. The topological polar surface area (TPSA) is 79.8 Å². The van der Waals surface area contributed by atoms with Gasteiger partial charge in [-0.05, 0) is 45.2 Å². The number of likely N-dealkylation sites (N-methyl/N-ethyl adjacent to an activating group) is 1. The van der Waals surface area contributed by atoms with Crippen molar-refractivity contribution in [2.45, 2.75) is 70.6 Å². The summed E-state index contributed by atoms with van der Waals surface area (Å²) in [5.74, 6) is 0.932. The van der Waals surface area contributed by atoms with Gasteiger partial charge in [0.1, 0.15) is 5.60 Å². The van der Waals surface area contributed by atoms with Crippen LogP contribution in [0, 0.1) is 0 Å². The first-order chi connectivity index (χ1) is 14.2. The average molecular weight is 440 g/mol. The monoisotopic (exact) mass is 439 g/mol. The zero-order valence-corrected chi connectivity index (χ0v) is 19.2. The van der Waals surface area contributed by atoms with Crippen LogP contribution in [-0.4, -0.2) is 67.1 Å². The number of rotatable bonds is 1. The van der Waals surface area contributed by atoms with Crippen molar-refractivity contribution in [1.29, 1.82) is 0 Å². The first kappa shape index (κ1) is 22.9. The highest BCUT2D eigenvalue weighted by atomic mass is 35.5. The zero-order valence-electron chi connectivity index (χ0n) is 18.5. The number of hydrogen-bond donors (Lipinski definition) is 1. The minimum atomic E-state index is -0.390. The average Bonchev–Trinajstić information content (AvgIpc) is 2.68. The van der Waals surface area contributed by atoms with E-state index in [1.807, 2.05) is 27.8 Å². The van der Waals surface area contributed by atoms with Crippen molar-refractivity contribution in [3.8, 4) is 0 Å². The minimum Gasteiger partial charge on any atom is -0.444 e. The number of morpholine rings is 1. The SMILES string of the molecule is CC(C)(C)OC(=O)NC1CCCCC1.CN1CC2COCCN2c2nc(Cl)ncc21. The van der Waals surface area contributed by atoms with Crippen molar-refractivity contribution in [2.24, 2.45) is 0 Å². The van der Waals surface area contributed by atoms with E-state index in [4.69, 9.17) is 21.1 Å². The van der Waals surface area contributed by atoms with Crippen molar-refractivity contribution in [2.75, 3.05) is 43.2 Å². The number of hydrogen-bond acceptors (Lipinski definition) is 7. The van der Waals surface area contributed by atoms with Gasteiger partial charge in [0.2, 0.25) is 5.28 Å². The molecule has 0 radical (unpaired) electrons. The summed E-state index contributed by atoms with van der Waals surface area (Å²) in [5, 5.41) is 3.22. The van der Waals surface area contributed by atoms with Crippen LogP contribution in [0.3, 0.4) is 0 Å². The summed E-state index contributed by atoms with van der Waals surface area (Å²) in [7, 11) is 2.04. The maximum atomic E-state index is 11.4. The molecule has 3 aliphatic rings. The second kappa shape index (κ2) is 10.0. The third-order valence-corrected chi connectivity index (χ3v) is 5.62. The second-order valence-corrected chi connectivity index (χ2v) is 9.47. The summed E-state index contributed by atoms with van der Waals surface area (Å²) in [5.41, 5.74) is 0.654. The van der Waals surface area contributed by atoms with E-state index in [-0.39, 0.29) is 6.09 Å². The second-order valence-electron chi connectivity index (χ2n) is 9.13. The van der Waals surface area contributed by atoms with Crippen LogP contribution < -0.4 is 15.1 Å². The molecular formula is C21H34ClN5O3. The molecule has 1 unspecified atom stereocenters. The Labute approximate surface area is 184 Å². The fourth-order valence-corrected chi connectivity index (χ4v) is 4.18. The molecule has 0 bridgehead atoms. The van der Waals surface area contributed by atoms with E-state index in [1.54, 1.807) is 6.20 Å². The Morgan fingerprint density at radius 2 is 2.03 bits per heavy atom. The summed E-state index contributed by atoms with van der Waals surface area (Å²) in [6.45, 7) is 8.97. The lowest BCUT2D eigenvalue weighted by molar-refractivity contribution is 0.0493. The van der Waals surface area contributed by atoms with Crippen LogP contribution in [-0.2, 0) is 9.47 Å². The van der Waals surface area contributed by atoms with Crippen molar-refractivity contribution >= 4 is 29.2 Å². The van der Waals surface area contributed by atoms with Crippen molar-refractivity contribution < 1.29 is 14.3 Å². The molecule has 1 aromatic heterocycles. The summed E-state index contributed by atoms with van der Waals surface area (Å²) in [6.07, 6.45) is 7.45. The Kier molecular flexibility index (Phi) is 7.63. The number of carbonyl (C=O) groups is 1. The number of ether oxygens (including phenoxy) is 2. The molecule has 2 aliphatic heterocycles. The number of amides is 1. The molecule has 1 N–H and O–H groups in total. The Bertz CT molecular complexity index is 721. The molecular weight excluding hydrogens is 406 g/mol. The van der Waals surface area contributed by atoms with Crippen molar-refractivity contribution in [1.82, 2.24) is 15.3 Å². The minimum absolute atomic E-state index is 0.274. The Morgan fingerprint density at radius 3 is 2.73 bits per heavy atom. The molecule has 1 amide bonds. The van der Waals surface area contributed by atoms with Gasteiger partial charge in [-0.25, -0.2) is 9.78 Å². The lowest BCUT2D eigenvalue weighted by Gasteiger charge is -2.44. The number of alkyl carbamates (subject to hydrolysis) is 1. The maximum Gasteiger partial charge on any atom is 0.407 e. The lowest BCUT2D eigenvalue weighted by Crippen LogP contribution is -2.54. The lowest BCUT2D eigenvalue weighted by atomic mass is 9.96. The summed E-state index contributed by atoms with van der Waals surface area (Å²) < 4.78 is 10.7. The Morgan fingerprint density at radius 1 is 1.30 bits per heavy atom. The molecule has 9 heteroatoms. The molecule has 168 valence electrons. The van der Waals surface area contributed by atoms with E-state index in [0.717, 1.165) is 50.7 Å². The van der Waals surface area contributed by atoms with Crippen molar-refractivity contribution in [3.63, 3.8) is 0 Å². The van der Waals surface area contributed by atoms with Gasteiger partial charge >= 0.3 is 6.09 Å². The van der Waals surface area contributed by atoms with Gasteiger partial charge in [0.25, 0.3) is 0 Å². The highest BCUT2D eigenvalue weighted by Gasteiger charge is 2.33. The van der Waals surface area contributed by atoms with Gasteiger partial charge in [0.15, 0.2) is 5.82 Å². The van der Waals surface area contributed by atoms with E-state index in [2.05, 4.69) is 25.1 Å². The van der Waals surface area contributed by atoms with Crippen LogP contribution in [0.4, 0.5) is 16.3 Å². The third-order valence-electron chi connectivity index (χ3n) is 5.44. The van der Waals surface area contributed by atoms with E-state index in [9.17, 15) is 4.79 Å². The van der Waals surface area contributed by atoms with Crippen LogP contribution in [0.25, 0.3) is 0 Å².